The van der Waals surface area contributed by atoms with Gasteiger partial charge >= 0.3 is 0 Å². The van der Waals surface area contributed by atoms with Crippen LogP contribution in [0.5, 0.6) is 0 Å². The van der Waals surface area contributed by atoms with Gasteiger partial charge in [-0.25, -0.2) is 14.9 Å². The lowest BCUT2D eigenvalue weighted by molar-refractivity contribution is -0.124. The highest BCUT2D eigenvalue weighted by atomic mass is 19.1. The van der Waals surface area contributed by atoms with Crippen LogP contribution >= 0.6 is 0 Å². The maximum absolute atomic E-state index is 13.0. The van der Waals surface area contributed by atoms with Gasteiger partial charge in [0, 0.05) is 31.8 Å². The van der Waals surface area contributed by atoms with Gasteiger partial charge in [0.1, 0.15) is 11.6 Å². The molecule has 26 heavy (non-hydrogen) atoms. The minimum Gasteiger partial charge on any atom is -0.365 e. The molecule has 3 rings (SSSR count). The SMILES string of the molecule is O=C(/C=C/c1cnc(N[C@@H]2CCN(Cc3ccc(F)cc3)C2)cn1)NO. The van der Waals surface area contributed by atoms with Crippen molar-refractivity contribution in [3.8, 4) is 0 Å². The Morgan fingerprint density at radius 3 is 2.81 bits per heavy atom. The number of likely N-dealkylation sites (tertiary alicyclic amines) is 1. The molecule has 0 aliphatic carbocycles. The summed E-state index contributed by atoms with van der Waals surface area (Å²) in [6.07, 6.45) is 6.78. The molecule has 8 heteroatoms. The number of nitrogens with zero attached hydrogens (tertiary/aromatic N) is 3. The van der Waals surface area contributed by atoms with E-state index in [2.05, 4.69) is 20.2 Å². The second-order valence-electron chi connectivity index (χ2n) is 6.13. The van der Waals surface area contributed by atoms with Crippen LogP contribution in [0, 0.1) is 5.82 Å². The van der Waals surface area contributed by atoms with Crippen molar-refractivity contribution in [2.45, 2.75) is 19.0 Å². The van der Waals surface area contributed by atoms with Gasteiger partial charge in [0.15, 0.2) is 0 Å². The highest BCUT2D eigenvalue weighted by Gasteiger charge is 2.22. The van der Waals surface area contributed by atoms with Gasteiger partial charge in [-0.2, -0.15) is 0 Å². The minimum atomic E-state index is -0.624. The largest absolute Gasteiger partial charge is 0.365 e. The third kappa shape index (κ3) is 5.08. The number of anilines is 1. The third-order valence-electron chi connectivity index (χ3n) is 4.13. The number of nitrogens with one attached hydrogen (secondary N) is 2. The molecule has 1 saturated heterocycles. The van der Waals surface area contributed by atoms with Crippen molar-refractivity contribution in [2.24, 2.45) is 0 Å². The standard InChI is InChI=1S/C18H20FN5O2/c19-14-3-1-13(2-4-14)11-24-8-7-16(12-24)22-17-10-20-15(9-21-17)5-6-18(25)23-26/h1-6,9-10,16,26H,7-8,11-12H2,(H,21,22)(H,23,25)/b6-5+/t16-/m1/s1. The summed E-state index contributed by atoms with van der Waals surface area (Å²) in [5.74, 6) is -0.174. The van der Waals surface area contributed by atoms with Crippen LogP contribution in [0.25, 0.3) is 6.08 Å². The van der Waals surface area contributed by atoms with E-state index in [1.807, 2.05) is 12.1 Å². The Kier molecular flexibility index (Phi) is 5.88. The van der Waals surface area contributed by atoms with Gasteiger partial charge in [0.25, 0.3) is 5.91 Å². The summed E-state index contributed by atoms with van der Waals surface area (Å²) >= 11 is 0. The minimum absolute atomic E-state index is 0.219. The number of amides is 1. The molecule has 0 radical (unpaired) electrons. The van der Waals surface area contributed by atoms with Crippen molar-refractivity contribution in [3.05, 3.63) is 59.8 Å². The first-order valence-corrected chi connectivity index (χ1v) is 8.30. The molecule has 1 aliphatic heterocycles. The van der Waals surface area contributed by atoms with Crippen LogP contribution in [0.3, 0.4) is 0 Å². The monoisotopic (exact) mass is 357 g/mol. The number of hydrogen-bond acceptors (Lipinski definition) is 6. The molecule has 0 bridgehead atoms. The van der Waals surface area contributed by atoms with Crippen molar-refractivity contribution in [3.63, 3.8) is 0 Å². The summed E-state index contributed by atoms with van der Waals surface area (Å²) in [6, 6.07) is 6.86. The lowest BCUT2D eigenvalue weighted by Gasteiger charge is -2.17. The zero-order valence-corrected chi connectivity index (χ0v) is 14.1. The zero-order valence-electron chi connectivity index (χ0n) is 14.1. The van der Waals surface area contributed by atoms with Crippen LogP contribution in [-0.4, -0.2) is 45.1 Å². The number of halogens is 1. The summed E-state index contributed by atoms with van der Waals surface area (Å²) in [5.41, 5.74) is 3.12. The zero-order chi connectivity index (χ0) is 18.4. The van der Waals surface area contributed by atoms with Gasteiger partial charge in [-0.05, 0) is 30.2 Å². The third-order valence-corrected chi connectivity index (χ3v) is 4.13. The number of carbonyl (C=O) groups excluding carboxylic acids is 1. The van der Waals surface area contributed by atoms with Crippen LogP contribution in [0.1, 0.15) is 17.7 Å². The maximum atomic E-state index is 13.0. The van der Waals surface area contributed by atoms with Crippen LogP contribution in [0.15, 0.2) is 42.7 Å². The van der Waals surface area contributed by atoms with E-state index in [0.29, 0.717) is 11.5 Å². The van der Waals surface area contributed by atoms with E-state index in [9.17, 15) is 9.18 Å². The molecule has 1 fully saturated rings. The Balaban J connectivity index is 1.49. The molecule has 1 atom stereocenters. The van der Waals surface area contributed by atoms with Crippen molar-refractivity contribution in [2.75, 3.05) is 18.4 Å². The number of benzene rings is 1. The van der Waals surface area contributed by atoms with E-state index >= 15 is 0 Å². The van der Waals surface area contributed by atoms with E-state index in [4.69, 9.17) is 5.21 Å². The van der Waals surface area contributed by atoms with Crippen LogP contribution in [0.4, 0.5) is 10.2 Å². The number of hydroxylamine groups is 1. The number of rotatable bonds is 6. The van der Waals surface area contributed by atoms with E-state index < -0.39 is 5.91 Å². The summed E-state index contributed by atoms with van der Waals surface area (Å²) in [7, 11) is 0. The molecule has 2 aromatic rings. The fraction of sp³-hybridized carbons (Fsp3) is 0.278. The summed E-state index contributed by atoms with van der Waals surface area (Å²) in [6.45, 7) is 2.62. The molecular formula is C18H20FN5O2. The van der Waals surface area contributed by atoms with Gasteiger partial charge in [0.2, 0.25) is 0 Å². The van der Waals surface area contributed by atoms with Crippen LogP contribution in [-0.2, 0) is 11.3 Å². The lowest BCUT2D eigenvalue weighted by atomic mass is 10.2. The predicted octanol–water partition coefficient (Wildman–Crippen LogP) is 1.82. The van der Waals surface area contributed by atoms with Gasteiger partial charge in [-0.3, -0.25) is 19.9 Å². The number of hydrogen-bond donors (Lipinski definition) is 3. The number of aromatic nitrogens is 2. The van der Waals surface area contributed by atoms with E-state index in [1.54, 1.807) is 12.4 Å². The molecule has 1 aromatic carbocycles. The second kappa shape index (κ2) is 8.50. The smallest absolute Gasteiger partial charge is 0.267 e. The van der Waals surface area contributed by atoms with Gasteiger partial charge in [-0.1, -0.05) is 12.1 Å². The molecule has 0 unspecified atom stereocenters. The predicted molar refractivity (Wildman–Crippen MR) is 94.7 cm³/mol. The molecular weight excluding hydrogens is 337 g/mol. The molecule has 3 N–H and O–H groups in total. The van der Waals surface area contributed by atoms with Crippen molar-refractivity contribution < 1.29 is 14.4 Å². The van der Waals surface area contributed by atoms with Crippen molar-refractivity contribution >= 4 is 17.8 Å². The van der Waals surface area contributed by atoms with E-state index in [-0.39, 0.29) is 11.9 Å². The highest BCUT2D eigenvalue weighted by molar-refractivity contribution is 5.90. The summed E-state index contributed by atoms with van der Waals surface area (Å²) < 4.78 is 13.0. The van der Waals surface area contributed by atoms with Crippen LogP contribution in [0.2, 0.25) is 0 Å². The fourth-order valence-electron chi connectivity index (χ4n) is 2.85. The first-order chi connectivity index (χ1) is 12.6. The average molecular weight is 357 g/mol. The van der Waals surface area contributed by atoms with Crippen molar-refractivity contribution in [1.29, 1.82) is 0 Å². The average Bonchev–Trinajstić information content (AvgIpc) is 3.09. The highest BCUT2D eigenvalue weighted by Crippen LogP contribution is 2.17. The molecule has 0 saturated carbocycles. The Morgan fingerprint density at radius 1 is 1.31 bits per heavy atom. The van der Waals surface area contributed by atoms with Gasteiger partial charge < -0.3 is 5.32 Å². The molecule has 1 aromatic heterocycles. The Bertz CT molecular complexity index is 764. The van der Waals surface area contributed by atoms with Gasteiger partial charge in [-0.15, -0.1) is 0 Å². The Labute approximate surface area is 150 Å². The molecule has 1 amide bonds. The first kappa shape index (κ1) is 18.0. The Morgan fingerprint density at radius 2 is 2.12 bits per heavy atom. The van der Waals surface area contributed by atoms with E-state index in [1.165, 1.54) is 29.8 Å². The first-order valence-electron chi connectivity index (χ1n) is 8.30. The molecule has 1 aliphatic rings. The topological polar surface area (TPSA) is 90.4 Å². The van der Waals surface area contributed by atoms with Gasteiger partial charge in [0.05, 0.1) is 18.1 Å². The number of carbonyl (C=O) groups is 1. The maximum Gasteiger partial charge on any atom is 0.267 e. The quantitative estimate of drug-likeness (QED) is 0.415. The van der Waals surface area contributed by atoms with Crippen molar-refractivity contribution in [1.82, 2.24) is 20.3 Å². The lowest BCUT2D eigenvalue weighted by Crippen LogP contribution is -2.26. The summed E-state index contributed by atoms with van der Waals surface area (Å²) in [5, 5.41) is 11.8. The molecule has 0 spiro atoms. The normalized spacial score (nSPS) is 17.5. The molecule has 136 valence electrons. The second-order valence-corrected chi connectivity index (χ2v) is 6.13. The Hall–Kier alpha value is -2.84. The summed E-state index contributed by atoms with van der Waals surface area (Å²) in [4.78, 5) is 21.7. The fourth-order valence-corrected chi connectivity index (χ4v) is 2.85. The molecule has 2 heterocycles. The molecule has 7 nitrogen and oxygen atoms in total. The van der Waals surface area contributed by atoms with E-state index in [0.717, 1.165) is 31.6 Å². The van der Waals surface area contributed by atoms with Crippen LogP contribution < -0.4 is 10.8 Å².